The Morgan fingerprint density at radius 3 is 2.61 bits per heavy atom. The summed E-state index contributed by atoms with van der Waals surface area (Å²) in [7, 11) is 0. The molecule has 28 heavy (non-hydrogen) atoms. The van der Waals surface area contributed by atoms with Crippen LogP contribution in [0.3, 0.4) is 0 Å². The predicted octanol–water partition coefficient (Wildman–Crippen LogP) is 3.29. The molecule has 2 aromatic rings. The van der Waals surface area contributed by atoms with Gasteiger partial charge in [0.2, 0.25) is 5.82 Å². The molecule has 11 heteroatoms. The first-order valence-electron chi connectivity index (χ1n) is 8.51. The van der Waals surface area contributed by atoms with Crippen LogP contribution >= 0.6 is 12.4 Å². The Labute approximate surface area is 166 Å². The van der Waals surface area contributed by atoms with Crippen molar-refractivity contribution in [2.75, 3.05) is 13.1 Å². The van der Waals surface area contributed by atoms with Gasteiger partial charge in [-0.25, -0.2) is 15.0 Å². The minimum absolute atomic E-state index is 0. The molecular formula is C17H20ClF3N6O. The Balaban J connectivity index is 0.00000280. The molecule has 0 radical (unpaired) electrons. The highest BCUT2D eigenvalue weighted by molar-refractivity contribution is 5.99. The first kappa shape index (κ1) is 22.0. The highest BCUT2D eigenvalue weighted by Crippen LogP contribution is 2.28. The zero-order valence-corrected chi connectivity index (χ0v) is 16.1. The van der Waals surface area contributed by atoms with Crippen molar-refractivity contribution in [2.24, 2.45) is 5.16 Å². The molecule has 1 fully saturated rings. The van der Waals surface area contributed by atoms with Gasteiger partial charge in [-0.15, -0.1) is 12.4 Å². The molecule has 1 N–H and O–H groups in total. The van der Waals surface area contributed by atoms with E-state index in [9.17, 15) is 13.2 Å². The molecule has 0 unspecified atom stereocenters. The van der Waals surface area contributed by atoms with Gasteiger partial charge in [0.1, 0.15) is 5.82 Å². The van der Waals surface area contributed by atoms with E-state index in [1.165, 1.54) is 6.07 Å². The van der Waals surface area contributed by atoms with Crippen molar-refractivity contribution in [1.29, 1.82) is 0 Å². The monoisotopic (exact) mass is 416 g/mol. The number of rotatable bonds is 4. The highest BCUT2D eigenvalue weighted by Gasteiger charge is 2.35. The van der Waals surface area contributed by atoms with Gasteiger partial charge in [0, 0.05) is 29.9 Å². The maximum absolute atomic E-state index is 12.7. The number of alkyl halides is 3. The molecular weight excluding hydrogens is 397 g/mol. The van der Waals surface area contributed by atoms with Crippen molar-refractivity contribution in [3.8, 4) is 5.88 Å². The predicted molar refractivity (Wildman–Crippen MR) is 98.7 cm³/mol. The van der Waals surface area contributed by atoms with E-state index in [1.807, 2.05) is 6.92 Å². The minimum atomic E-state index is -4.65. The normalized spacial score (nSPS) is 15.8. The van der Waals surface area contributed by atoms with E-state index in [-0.39, 0.29) is 24.2 Å². The van der Waals surface area contributed by atoms with Crippen LogP contribution in [0.2, 0.25) is 0 Å². The summed E-state index contributed by atoms with van der Waals surface area (Å²) in [5.41, 5.74) is 2.07. The molecule has 0 bridgehead atoms. The molecule has 0 spiro atoms. The summed E-state index contributed by atoms with van der Waals surface area (Å²) in [5.74, 6) is -0.634. The third-order valence-electron chi connectivity index (χ3n) is 4.21. The lowest BCUT2D eigenvalue weighted by Gasteiger charge is -2.24. The van der Waals surface area contributed by atoms with Crippen LogP contribution < -0.4 is 10.2 Å². The lowest BCUT2D eigenvalue weighted by Crippen LogP contribution is -2.28. The molecule has 0 atom stereocenters. The molecule has 0 saturated carbocycles. The van der Waals surface area contributed by atoms with Crippen molar-refractivity contribution >= 4 is 18.1 Å². The van der Waals surface area contributed by atoms with Gasteiger partial charge < -0.3 is 10.2 Å². The number of piperidine rings is 1. The fourth-order valence-corrected chi connectivity index (χ4v) is 2.87. The van der Waals surface area contributed by atoms with Gasteiger partial charge in [-0.1, -0.05) is 5.16 Å². The third kappa shape index (κ3) is 5.35. The molecule has 2 aromatic heterocycles. The summed E-state index contributed by atoms with van der Waals surface area (Å²) in [6.07, 6.45) is -0.115. The van der Waals surface area contributed by atoms with Crippen LogP contribution in [0, 0.1) is 6.92 Å². The topological polar surface area (TPSA) is 85.2 Å². The zero-order valence-electron chi connectivity index (χ0n) is 15.3. The van der Waals surface area contributed by atoms with Crippen molar-refractivity contribution in [3.05, 3.63) is 41.4 Å². The average molecular weight is 417 g/mol. The Kier molecular flexibility index (Phi) is 7.25. The van der Waals surface area contributed by atoms with Gasteiger partial charge in [-0.3, -0.25) is 0 Å². The second kappa shape index (κ2) is 9.24. The maximum atomic E-state index is 12.7. The molecule has 1 aliphatic heterocycles. The van der Waals surface area contributed by atoms with E-state index >= 15 is 0 Å². The molecule has 1 saturated heterocycles. The quantitative estimate of drug-likeness (QED) is 0.608. The van der Waals surface area contributed by atoms with Gasteiger partial charge in [-0.2, -0.15) is 18.2 Å². The molecule has 1 aliphatic rings. The van der Waals surface area contributed by atoms with Crippen molar-refractivity contribution in [1.82, 2.24) is 25.3 Å². The number of nitrogens with one attached hydrogen (secondary N) is 1. The summed E-state index contributed by atoms with van der Waals surface area (Å²) in [5, 5.41) is 7.24. The van der Waals surface area contributed by atoms with Crippen molar-refractivity contribution in [3.63, 3.8) is 0 Å². The molecule has 152 valence electrons. The molecule has 0 aromatic carbocycles. The number of nitrogens with zero attached hydrogens (tertiary/aromatic N) is 5. The number of aryl methyl sites for hydroxylation is 1. The summed E-state index contributed by atoms with van der Waals surface area (Å²) >= 11 is 0. The van der Waals surface area contributed by atoms with E-state index < -0.39 is 12.0 Å². The summed E-state index contributed by atoms with van der Waals surface area (Å²) < 4.78 is 38.1. The Morgan fingerprint density at radius 1 is 1.21 bits per heavy atom. The largest absolute Gasteiger partial charge is 0.451 e. The van der Waals surface area contributed by atoms with Crippen LogP contribution in [-0.2, 0) is 6.18 Å². The number of halogens is 4. The van der Waals surface area contributed by atoms with E-state index in [4.69, 9.17) is 4.84 Å². The van der Waals surface area contributed by atoms with Gasteiger partial charge in [0.15, 0.2) is 0 Å². The van der Waals surface area contributed by atoms with Crippen molar-refractivity contribution in [2.45, 2.75) is 38.8 Å². The summed E-state index contributed by atoms with van der Waals surface area (Å²) in [6, 6.07) is 1.21. The summed E-state index contributed by atoms with van der Waals surface area (Å²) in [4.78, 5) is 20.4. The first-order chi connectivity index (χ1) is 12.8. The third-order valence-corrected chi connectivity index (χ3v) is 4.21. The van der Waals surface area contributed by atoms with Crippen LogP contribution in [-0.4, -0.2) is 38.7 Å². The van der Waals surface area contributed by atoms with E-state index in [1.54, 1.807) is 13.1 Å². The standard InChI is InChI=1S/C17H19F3N6O.ClH/c1-10(26-27-14-5-8-22-16(25-14)17(18,19)20)13-9-23-11(2)24-15(13)12-3-6-21-7-4-12;/h5,8-9,12,21H,3-4,6-7H2,1-2H3;1H. The van der Waals surface area contributed by atoms with Crippen LogP contribution in [0.1, 0.15) is 48.6 Å². The Hall–Kier alpha value is -2.33. The first-order valence-corrected chi connectivity index (χ1v) is 8.51. The lowest BCUT2D eigenvalue weighted by molar-refractivity contribution is -0.145. The van der Waals surface area contributed by atoms with E-state index in [0.29, 0.717) is 11.5 Å². The zero-order chi connectivity index (χ0) is 19.4. The Morgan fingerprint density at radius 2 is 1.93 bits per heavy atom. The lowest BCUT2D eigenvalue weighted by atomic mass is 9.90. The summed E-state index contributed by atoms with van der Waals surface area (Å²) in [6.45, 7) is 5.32. The van der Waals surface area contributed by atoms with E-state index in [2.05, 4.69) is 30.4 Å². The SMILES string of the molecule is CC(=NOc1ccnc(C(F)(F)F)n1)c1cnc(C)nc1C1CCNCC1.Cl. The molecule has 3 rings (SSSR count). The number of oxime groups is 1. The number of hydrogen-bond donors (Lipinski definition) is 1. The molecule has 0 aliphatic carbocycles. The van der Waals surface area contributed by atoms with Crippen LogP contribution in [0.15, 0.2) is 23.6 Å². The van der Waals surface area contributed by atoms with Crippen LogP contribution in [0.25, 0.3) is 0 Å². The average Bonchev–Trinajstić information content (AvgIpc) is 2.66. The van der Waals surface area contributed by atoms with Crippen molar-refractivity contribution < 1.29 is 18.0 Å². The fourth-order valence-electron chi connectivity index (χ4n) is 2.87. The highest BCUT2D eigenvalue weighted by atomic mass is 35.5. The smallest absolute Gasteiger partial charge is 0.336 e. The van der Waals surface area contributed by atoms with E-state index in [0.717, 1.165) is 43.4 Å². The number of aromatic nitrogens is 4. The maximum Gasteiger partial charge on any atom is 0.451 e. The Bertz CT molecular complexity index is 840. The van der Waals surface area contributed by atoms with Gasteiger partial charge in [-0.05, 0) is 39.8 Å². The van der Waals surface area contributed by atoms with Crippen LogP contribution in [0.5, 0.6) is 5.88 Å². The second-order valence-corrected chi connectivity index (χ2v) is 6.22. The minimum Gasteiger partial charge on any atom is -0.336 e. The van der Waals surface area contributed by atoms with Gasteiger partial charge in [0.05, 0.1) is 11.4 Å². The van der Waals surface area contributed by atoms with Crippen LogP contribution in [0.4, 0.5) is 13.2 Å². The fraction of sp³-hybridized carbons (Fsp3) is 0.471. The molecule has 3 heterocycles. The van der Waals surface area contributed by atoms with Gasteiger partial charge in [0.25, 0.3) is 5.88 Å². The second-order valence-electron chi connectivity index (χ2n) is 6.22. The van der Waals surface area contributed by atoms with Gasteiger partial charge >= 0.3 is 6.18 Å². The number of hydrogen-bond acceptors (Lipinski definition) is 7. The molecule has 0 amide bonds. The molecule has 7 nitrogen and oxygen atoms in total.